The Balaban J connectivity index is 0.000000214. The van der Waals surface area contributed by atoms with E-state index in [1.54, 1.807) is 84.4 Å². The molecule has 2 saturated carbocycles. The maximum absolute atomic E-state index is 13.0. The fourth-order valence-electron chi connectivity index (χ4n) is 7.67. The number of rotatable bonds is 21. The van der Waals surface area contributed by atoms with E-state index in [1.807, 2.05) is 72.7 Å². The first-order valence-electron chi connectivity index (χ1n) is 23.4. The van der Waals surface area contributed by atoms with Crippen molar-refractivity contribution in [2.24, 2.45) is 17.8 Å². The lowest BCUT2D eigenvalue weighted by Crippen LogP contribution is -2.53. The van der Waals surface area contributed by atoms with Crippen molar-refractivity contribution in [3.63, 3.8) is 0 Å². The summed E-state index contributed by atoms with van der Waals surface area (Å²) in [4.78, 5) is 38.4. The molecule has 3 aliphatic heterocycles. The Morgan fingerprint density at radius 2 is 1.06 bits per heavy atom. The highest BCUT2D eigenvalue weighted by atomic mass is 32.2. The first kappa shape index (κ1) is 58.2. The lowest BCUT2D eigenvalue weighted by atomic mass is 9.99. The molecule has 6 rings (SSSR count). The van der Waals surface area contributed by atoms with Gasteiger partial charge in [-0.05, 0) is 124 Å². The van der Waals surface area contributed by atoms with E-state index in [0.29, 0.717) is 30.0 Å². The van der Waals surface area contributed by atoms with Crippen LogP contribution in [0, 0.1) is 24.7 Å². The summed E-state index contributed by atoms with van der Waals surface area (Å²) in [6.45, 7) is 23.6. The number of benzene rings is 1. The molecule has 372 valence electrons. The van der Waals surface area contributed by atoms with Crippen molar-refractivity contribution in [2.45, 2.75) is 186 Å². The average molecular weight is 1070 g/mol. The van der Waals surface area contributed by atoms with Crippen LogP contribution in [0.3, 0.4) is 0 Å². The molecule has 0 bridgehead atoms. The minimum atomic E-state index is -1.31. The van der Waals surface area contributed by atoms with Gasteiger partial charge >= 0.3 is 0 Å². The molecule has 0 amide bonds. The van der Waals surface area contributed by atoms with Gasteiger partial charge in [0.15, 0.2) is 17.3 Å². The lowest BCUT2D eigenvalue weighted by molar-refractivity contribution is -0.120. The van der Waals surface area contributed by atoms with Crippen LogP contribution in [0.25, 0.3) is 0 Å². The van der Waals surface area contributed by atoms with Crippen LogP contribution >= 0.6 is 70.6 Å². The Morgan fingerprint density at radius 1 is 0.646 bits per heavy atom. The highest BCUT2D eigenvalue weighted by molar-refractivity contribution is 8.23. The fraction of sp³-hybridized carbons (Fsp3) is 0.809. The zero-order valence-corrected chi connectivity index (χ0v) is 48.4. The molecule has 3 N–H and O–H groups in total. The first-order chi connectivity index (χ1) is 30.4. The summed E-state index contributed by atoms with van der Waals surface area (Å²) in [5, 5.41) is 0. The molecule has 5 fully saturated rings. The largest absolute Gasteiger partial charge is 0.297 e. The van der Waals surface area contributed by atoms with Gasteiger partial charge in [0.25, 0.3) is 0 Å². The molecule has 0 spiro atoms. The predicted octanol–water partition coefficient (Wildman–Crippen LogP) is 10.5. The van der Waals surface area contributed by atoms with Gasteiger partial charge in [0.1, 0.15) is 23.2 Å². The summed E-state index contributed by atoms with van der Waals surface area (Å²) < 4.78 is 45.7. The Labute approximate surface area is 426 Å². The van der Waals surface area contributed by atoms with Crippen molar-refractivity contribution in [3.05, 3.63) is 29.8 Å². The van der Waals surface area contributed by atoms with Gasteiger partial charge in [0.05, 0.1) is 54.5 Å². The van der Waals surface area contributed by atoms with Gasteiger partial charge in [-0.25, -0.2) is 26.8 Å². The summed E-state index contributed by atoms with van der Waals surface area (Å²) in [5.74, 6) is 8.51. The average Bonchev–Trinajstić information content (AvgIpc) is 4.00. The number of aryl methyl sites for hydroxylation is 1. The number of Topliss-reactive ketones (excluding diaryl/α,β-unsaturated/α-hetero) is 3. The molecule has 1 aromatic carbocycles. The molecule has 9 nitrogen and oxygen atoms in total. The van der Waals surface area contributed by atoms with Gasteiger partial charge < -0.3 is 0 Å². The van der Waals surface area contributed by atoms with Gasteiger partial charge in [-0.15, -0.1) is 70.6 Å². The first-order valence-corrected chi connectivity index (χ1v) is 32.8. The van der Waals surface area contributed by atoms with Crippen LogP contribution in [0.5, 0.6) is 0 Å². The summed E-state index contributed by atoms with van der Waals surface area (Å²) in [6, 6.07) is 7.63. The van der Waals surface area contributed by atoms with E-state index in [4.69, 9.17) is 0 Å². The van der Waals surface area contributed by atoms with Crippen LogP contribution in [0.2, 0.25) is 0 Å². The quantitative estimate of drug-likeness (QED) is 0.108. The minimum absolute atomic E-state index is 0.00121. The van der Waals surface area contributed by atoms with Crippen molar-refractivity contribution in [2.75, 3.05) is 34.5 Å². The van der Waals surface area contributed by atoms with Gasteiger partial charge in [0.2, 0.25) is 0 Å². The molecule has 1 aromatic rings. The lowest BCUT2D eigenvalue weighted by Gasteiger charge is -2.36. The second-order valence-electron chi connectivity index (χ2n) is 20.2. The molecule has 2 aliphatic carbocycles. The molecule has 3 heterocycles. The topological polar surface area (TPSA) is 139 Å². The molecular formula is C47H79N3O6S9. The van der Waals surface area contributed by atoms with Crippen molar-refractivity contribution in [1.82, 2.24) is 14.2 Å². The SMILES string of the molecule is CC(=O)C1(C(CC(C)C)NS(=O)c2ccc(C)cc2)SCCS1.CC(=O)C1(C(CC2CC2)NS(=O)C(C)(C)C)SCCS1.CCCC(NS(=O)C(C)(C)C)C1(C(=O)CC2CC2)SCCS1. The Bertz CT molecular complexity index is 1790. The molecule has 3 saturated heterocycles. The summed E-state index contributed by atoms with van der Waals surface area (Å²) in [7, 11) is -3.56. The van der Waals surface area contributed by atoms with Crippen LogP contribution in [-0.2, 0) is 47.3 Å². The van der Waals surface area contributed by atoms with E-state index < -0.39 is 45.2 Å². The van der Waals surface area contributed by atoms with Crippen LogP contribution < -0.4 is 14.2 Å². The predicted molar refractivity (Wildman–Crippen MR) is 293 cm³/mol. The third kappa shape index (κ3) is 16.9. The van der Waals surface area contributed by atoms with Crippen molar-refractivity contribution in [1.29, 1.82) is 0 Å². The number of nitrogens with one attached hydrogen (secondary N) is 3. The number of ketones is 3. The third-order valence-corrected chi connectivity index (χ3v) is 27.4. The smallest absolute Gasteiger partial charge is 0.160 e. The number of carbonyl (C=O) groups is 3. The van der Waals surface area contributed by atoms with Crippen molar-refractivity contribution in [3.8, 4) is 0 Å². The summed E-state index contributed by atoms with van der Waals surface area (Å²) in [5.41, 5.74) is 1.14. The highest BCUT2D eigenvalue weighted by Crippen LogP contribution is 2.52. The number of carbonyl (C=O) groups excluding carboxylic acids is 3. The third-order valence-electron chi connectivity index (χ3n) is 11.7. The second-order valence-corrected chi connectivity index (χ2v) is 34.3. The maximum Gasteiger partial charge on any atom is 0.160 e. The van der Waals surface area contributed by atoms with Crippen LogP contribution in [0.1, 0.15) is 140 Å². The van der Waals surface area contributed by atoms with Crippen molar-refractivity contribution < 1.29 is 27.0 Å². The Kier molecular flexibility index (Phi) is 23.2. The molecule has 0 aromatic heterocycles. The van der Waals surface area contributed by atoms with E-state index in [-0.39, 0.29) is 39.2 Å². The number of thioether (sulfide) groups is 6. The van der Waals surface area contributed by atoms with E-state index in [9.17, 15) is 27.0 Å². The van der Waals surface area contributed by atoms with Gasteiger partial charge in [-0.2, -0.15) is 0 Å². The minimum Gasteiger partial charge on any atom is -0.297 e. The van der Waals surface area contributed by atoms with Gasteiger partial charge in [-0.1, -0.05) is 57.7 Å². The van der Waals surface area contributed by atoms with Crippen LogP contribution in [0.4, 0.5) is 0 Å². The van der Waals surface area contributed by atoms with Crippen LogP contribution in [-0.4, -0.2) is 104 Å². The second kappa shape index (κ2) is 25.9. The van der Waals surface area contributed by atoms with E-state index in [0.717, 1.165) is 70.7 Å². The van der Waals surface area contributed by atoms with E-state index >= 15 is 0 Å². The Morgan fingerprint density at radius 3 is 1.45 bits per heavy atom. The molecule has 6 atom stereocenters. The Hall–Kier alpha value is 0.660. The summed E-state index contributed by atoms with van der Waals surface area (Å²) >= 11 is 10.5. The monoisotopic (exact) mass is 1070 g/mol. The van der Waals surface area contributed by atoms with Crippen molar-refractivity contribution >= 4 is 121 Å². The molecule has 65 heavy (non-hydrogen) atoms. The number of hydrogen-bond donors (Lipinski definition) is 3. The molecule has 6 unspecified atom stereocenters. The number of hydrogen-bond acceptors (Lipinski definition) is 12. The zero-order chi connectivity index (χ0) is 48.4. The normalized spacial score (nSPS) is 23.0. The van der Waals surface area contributed by atoms with E-state index in [1.165, 1.54) is 25.7 Å². The maximum atomic E-state index is 13.0. The molecule has 18 heteroatoms. The summed E-state index contributed by atoms with van der Waals surface area (Å²) in [6.07, 6.45) is 9.33. The van der Waals surface area contributed by atoms with E-state index in [2.05, 4.69) is 34.9 Å². The molecular weight excluding hydrogens is 991 g/mol. The molecule has 0 radical (unpaired) electrons. The highest BCUT2D eigenvalue weighted by Gasteiger charge is 2.52. The van der Waals surface area contributed by atoms with Gasteiger partial charge in [0, 0.05) is 40.9 Å². The zero-order valence-electron chi connectivity index (χ0n) is 41.0. The standard InChI is InChI=1S/C17H25NO2S3.C16H29NO2S3.C14H25NO2S3/c1-12(2)11-16(17(14(4)19)21-9-10-22-17)18-23(20)15-7-5-13(3)6-8-15;1-5-6-13(17-22(19)15(2,3)4)16(20-9-10-21-16)14(18)11-12-7-8-12;1-10(16)14(18-7-8-19-14)12(9-11-5-6-11)15-20(17)13(2,3)4/h5-8,12,16,18H,9-11H2,1-4H3;12-13,17H,5-11H2,1-4H3;11-12,15H,5-9H2,1-4H3. The molecule has 5 aliphatic rings. The van der Waals surface area contributed by atoms with Gasteiger partial charge in [-0.3, -0.25) is 14.4 Å². The van der Waals surface area contributed by atoms with Crippen LogP contribution in [0.15, 0.2) is 29.2 Å². The fourth-order valence-corrected chi connectivity index (χ4v) is 20.8.